The zero-order valence-electron chi connectivity index (χ0n) is 18.1. The Balaban J connectivity index is 1.59. The smallest absolute Gasteiger partial charge is 0.336 e. The Morgan fingerprint density at radius 3 is 2.60 bits per heavy atom. The summed E-state index contributed by atoms with van der Waals surface area (Å²) in [7, 11) is 0. The number of hydrogen-bond acceptors (Lipinski definition) is 3. The third-order valence-corrected chi connectivity index (χ3v) is 7.11. The van der Waals surface area contributed by atoms with Crippen LogP contribution >= 0.6 is 11.3 Å². The second-order valence-corrected chi connectivity index (χ2v) is 9.34. The quantitative estimate of drug-likeness (QED) is 0.197. The molecule has 0 aliphatic rings. The number of aromatic nitrogens is 1. The molecule has 8 heteroatoms. The molecule has 0 spiro atoms. The maximum Gasteiger partial charge on any atom is 0.336 e. The van der Waals surface area contributed by atoms with Crippen molar-refractivity contribution in [1.29, 1.82) is 0 Å². The number of rotatable bonds is 5. The highest BCUT2D eigenvalue weighted by Gasteiger charge is 2.17. The highest BCUT2D eigenvalue weighted by Crippen LogP contribution is 2.32. The topological polar surface area (TPSA) is 93.6 Å². The normalized spacial score (nSPS) is 11.6. The highest BCUT2D eigenvalue weighted by atomic mass is 32.2. The molecule has 172 valence electrons. The van der Waals surface area contributed by atoms with Gasteiger partial charge in [-0.05, 0) is 70.9 Å². The summed E-state index contributed by atoms with van der Waals surface area (Å²) in [5.74, 6) is 5.18. The Bertz CT molecular complexity index is 1630. The van der Waals surface area contributed by atoms with Gasteiger partial charge in [0.1, 0.15) is 5.00 Å². The number of anilines is 2. The Labute approximate surface area is 207 Å². The van der Waals surface area contributed by atoms with Crippen molar-refractivity contribution >= 4 is 50.2 Å². The standard InChI is InChI=1S/C27H18N2O4S2/c30-27(31)23-7-2-5-20(26(23)21-12-11-19-13-14-28-24(19)17-21)10-9-18-4-1-6-22(16-18)29(35(32)33)25-8-3-15-34-25/h1-8,11-17,28H,(H,30,31)(H,32,33). The van der Waals surface area contributed by atoms with E-state index in [-0.39, 0.29) is 5.56 Å². The van der Waals surface area contributed by atoms with E-state index in [0.717, 1.165) is 16.5 Å². The monoisotopic (exact) mass is 498 g/mol. The first-order chi connectivity index (χ1) is 17.0. The molecule has 6 nitrogen and oxygen atoms in total. The minimum atomic E-state index is -2.25. The van der Waals surface area contributed by atoms with Crippen LogP contribution in [0.5, 0.6) is 0 Å². The third kappa shape index (κ3) is 4.61. The van der Waals surface area contributed by atoms with Crippen LogP contribution in [-0.2, 0) is 11.3 Å². The van der Waals surface area contributed by atoms with Crippen molar-refractivity contribution in [3.05, 3.63) is 107 Å². The van der Waals surface area contributed by atoms with Crippen LogP contribution in [0.4, 0.5) is 10.7 Å². The maximum absolute atomic E-state index is 12.0. The lowest BCUT2D eigenvalue weighted by molar-refractivity contribution is 0.0697. The first-order valence-corrected chi connectivity index (χ1v) is 12.5. The summed E-state index contributed by atoms with van der Waals surface area (Å²) in [6.45, 7) is 0. The molecular weight excluding hydrogens is 480 g/mol. The lowest BCUT2D eigenvalue weighted by atomic mass is 9.93. The van der Waals surface area contributed by atoms with E-state index < -0.39 is 17.2 Å². The minimum Gasteiger partial charge on any atom is -0.478 e. The third-order valence-electron chi connectivity index (χ3n) is 5.42. The first kappa shape index (κ1) is 22.6. The molecule has 2 heterocycles. The molecule has 5 aromatic rings. The SMILES string of the molecule is O=C(O)c1cccc(C#Cc2cccc(N(c3cccs3)S(=O)O)c2)c1-c1ccc2cc[nH]c2c1. The number of H-pyrrole nitrogens is 1. The molecule has 0 saturated carbocycles. The van der Waals surface area contributed by atoms with E-state index in [4.69, 9.17) is 0 Å². The van der Waals surface area contributed by atoms with Gasteiger partial charge < -0.3 is 10.1 Å². The number of thiophene rings is 1. The van der Waals surface area contributed by atoms with Crippen molar-refractivity contribution < 1.29 is 18.7 Å². The molecule has 0 aliphatic heterocycles. The predicted octanol–water partition coefficient (Wildman–Crippen LogP) is 6.27. The lowest BCUT2D eigenvalue weighted by Crippen LogP contribution is -2.18. The molecule has 5 rings (SSSR count). The van der Waals surface area contributed by atoms with Gasteiger partial charge in [0.05, 0.1) is 11.3 Å². The summed E-state index contributed by atoms with van der Waals surface area (Å²) in [5, 5.41) is 13.3. The van der Waals surface area contributed by atoms with Gasteiger partial charge in [0.15, 0.2) is 0 Å². The molecule has 1 unspecified atom stereocenters. The largest absolute Gasteiger partial charge is 0.478 e. The summed E-state index contributed by atoms with van der Waals surface area (Å²) in [5.41, 5.74) is 4.07. The number of nitrogens with one attached hydrogen (secondary N) is 1. The number of carbonyl (C=O) groups is 1. The summed E-state index contributed by atoms with van der Waals surface area (Å²) < 4.78 is 23.2. The Kier molecular flexibility index (Phi) is 6.21. The van der Waals surface area contributed by atoms with Crippen LogP contribution in [0.15, 0.2) is 90.4 Å². The Morgan fingerprint density at radius 2 is 1.83 bits per heavy atom. The van der Waals surface area contributed by atoms with Crippen LogP contribution in [0.25, 0.3) is 22.0 Å². The van der Waals surface area contributed by atoms with E-state index >= 15 is 0 Å². The second-order valence-electron chi connectivity index (χ2n) is 7.59. The van der Waals surface area contributed by atoms with Gasteiger partial charge in [0.2, 0.25) is 0 Å². The number of hydrogen-bond donors (Lipinski definition) is 3. The van der Waals surface area contributed by atoms with Gasteiger partial charge in [0, 0.05) is 28.4 Å². The van der Waals surface area contributed by atoms with Crippen molar-refractivity contribution in [2.75, 3.05) is 4.31 Å². The van der Waals surface area contributed by atoms with Crippen LogP contribution in [0.1, 0.15) is 21.5 Å². The number of aromatic amines is 1. The summed E-state index contributed by atoms with van der Waals surface area (Å²) in [6, 6.07) is 23.3. The van der Waals surface area contributed by atoms with Gasteiger partial charge in [-0.25, -0.2) is 13.3 Å². The van der Waals surface area contributed by atoms with Crippen LogP contribution in [-0.4, -0.2) is 24.8 Å². The zero-order valence-corrected chi connectivity index (χ0v) is 19.8. The number of carboxylic acids is 1. The number of fused-ring (bicyclic) bond motifs is 1. The van der Waals surface area contributed by atoms with E-state index in [0.29, 0.717) is 27.4 Å². The van der Waals surface area contributed by atoms with Gasteiger partial charge in [-0.2, -0.15) is 0 Å². The molecule has 0 aliphatic carbocycles. The van der Waals surface area contributed by atoms with E-state index in [1.165, 1.54) is 15.6 Å². The number of benzene rings is 3. The molecule has 0 saturated heterocycles. The van der Waals surface area contributed by atoms with E-state index in [1.54, 1.807) is 48.5 Å². The molecule has 2 aromatic heterocycles. The maximum atomic E-state index is 12.0. The molecule has 0 fully saturated rings. The summed E-state index contributed by atoms with van der Waals surface area (Å²) in [6.07, 6.45) is 1.84. The average molecular weight is 499 g/mol. The lowest BCUT2D eigenvalue weighted by Gasteiger charge is -2.18. The molecule has 1 atom stereocenters. The Morgan fingerprint density at radius 1 is 0.971 bits per heavy atom. The van der Waals surface area contributed by atoms with E-state index in [9.17, 15) is 18.7 Å². The molecule has 35 heavy (non-hydrogen) atoms. The van der Waals surface area contributed by atoms with Crippen molar-refractivity contribution in [2.45, 2.75) is 0 Å². The van der Waals surface area contributed by atoms with Gasteiger partial charge in [-0.3, -0.25) is 4.55 Å². The second kappa shape index (κ2) is 9.60. The summed E-state index contributed by atoms with van der Waals surface area (Å²) in [4.78, 5) is 15.2. The molecule has 3 aromatic carbocycles. The van der Waals surface area contributed by atoms with Crippen molar-refractivity contribution in [3.8, 4) is 23.0 Å². The van der Waals surface area contributed by atoms with Crippen LogP contribution in [0, 0.1) is 11.8 Å². The predicted molar refractivity (Wildman–Crippen MR) is 140 cm³/mol. The fraction of sp³-hybridized carbons (Fsp3) is 0. The molecular formula is C27H18N2O4S2. The number of nitrogens with zero attached hydrogens (tertiary/aromatic N) is 1. The molecule has 0 bridgehead atoms. The van der Waals surface area contributed by atoms with Gasteiger partial charge in [-0.15, -0.1) is 11.3 Å². The Hall–Kier alpha value is -4.16. The number of carboxylic acid groups (broad SMARTS) is 1. The molecule has 3 N–H and O–H groups in total. The van der Waals surface area contributed by atoms with Crippen LogP contribution in [0.2, 0.25) is 0 Å². The zero-order chi connectivity index (χ0) is 24.4. The summed E-state index contributed by atoms with van der Waals surface area (Å²) >= 11 is -0.896. The van der Waals surface area contributed by atoms with Gasteiger partial charge in [0.25, 0.3) is 11.3 Å². The van der Waals surface area contributed by atoms with Crippen LogP contribution in [0.3, 0.4) is 0 Å². The number of aromatic carboxylic acids is 1. The first-order valence-electron chi connectivity index (χ1n) is 10.5. The molecule has 0 amide bonds. The van der Waals surface area contributed by atoms with Gasteiger partial charge in [-0.1, -0.05) is 36.1 Å². The average Bonchev–Trinajstić information content (AvgIpc) is 3.54. The van der Waals surface area contributed by atoms with E-state index in [2.05, 4.69) is 16.8 Å². The fourth-order valence-corrected chi connectivity index (χ4v) is 5.36. The van der Waals surface area contributed by atoms with Crippen molar-refractivity contribution in [3.63, 3.8) is 0 Å². The van der Waals surface area contributed by atoms with Crippen molar-refractivity contribution in [1.82, 2.24) is 4.98 Å². The minimum absolute atomic E-state index is 0.163. The molecule has 0 radical (unpaired) electrons. The van der Waals surface area contributed by atoms with Crippen LogP contribution < -0.4 is 4.31 Å². The van der Waals surface area contributed by atoms with Crippen molar-refractivity contribution in [2.24, 2.45) is 0 Å². The van der Waals surface area contributed by atoms with E-state index in [1.807, 2.05) is 41.9 Å². The fourth-order valence-electron chi connectivity index (χ4n) is 3.88. The van der Waals surface area contributed by atoms with Gasteiger partial charge >= 0.3 is 5.97 Å². The highest BCUT2D eigenvalue weighted by molar-refractivity contribution is 7.81.